The zero-order valence-corrected chi connectivity index (χ0v) is 17.0. The molecule has 2 aliphatic heterocycles. The molecule has 1 unspecified atom stereocenters. The van der Waals surface area contributed by atoms with Crippen molar-refractivity contribution in [2.24, 2.45) is 0 Å². The minimum absolute atomic E-state index is 0.0238. The number of nitrogens with zero attached hydrogens (tertiary/aromatic N) is 2. The zero-order valence-electron chi connectivity index (χ0n) is 17.0. The number of imide groups is 1. The first-order valence-electron chi connectivity index (χ1n) is 10.6. The lowest BCUT2D eigenvalue weighted by Gasteiger charge is -2.33. The second-order valence-electron chi connectivity index (χ2n) is 7.91. The fraction of sp³-hybridized carbons (Fsp3) is 0.435. The van der Waals surface area contributed by atoms with Gasteiger partial charge in [0.2, 0.25) is 11.8 Å². The van der Waals surface area contributed by atoms with Crippen LogP contribution in [0.5, 0.6) is 0 Å². The standard InChI is InChI=1S/C23H27N3O4/c27-21-10-11-22(28)26(21)16-17-6-8-18(9-7-17)23(29)24-15-19(20-5-4-14-30-20)25-12-2-1-3-13-25/h4-9,14,19H,1-3,10-13,15-16H2,(H,24,29). The van der Waals surface area contributed by atoms with Gasteiger partial charge in [0, 0.05) is 24.9 Å². The Morgan fingerprint density at radius 3 is 2.33 bits per heavy atom. The molecule has 7 nitrogen and oxygen atoms in total. The molecular weight excluding hydrogens is 382 g/mol. The molecule has 0 radical (unpaired) electrons. The summed E-state index contributed by atoms with van der Waals surface area (Å²) < 4.78 is 5.63. The lowest BCUT2D eigenvalue weighted by Crippen LogP contribution is -2.40. The van der Waals surface area contributed by atoms with Gasteiger partial charge in [-0.1, -0.05) is 18.6 Å². The number of furan rings is 1. The van der Waals surface area contributed by atoms with Crippen molar-refractivity contribution in [3.63, 3.8) is 0 Å². The summed E-state index contributed by atoms with van der Waals surface area (Å²) in [6, 6.07) is 10.9. The van der Waals surface area contributed by atoms with Gasteiger partial charge in [0.1, 0.15) is 5.76 Å². The molecule has 2 aliphatic rings. The molecule has 2 fully saturated rings. The van der Waals surface area contributed by atoms with Crippen LogP contribution in [0.1, 0.15) is 59.8 Å². The van der Waals surface area contributed by atoms with Crippen molar-refractivity contribution in [1.82, 2.24) is 15.1 Å². The maximum atomic E-state index is 12.7. The van der Waals surface area contributed by atoms with E-state index in [-0.39, 0.29) is 43.1 Å². The fourth-order valence-electron chi connectivity index (χ4n) is 4.16. The quantitative estimate of drug-likeness (QED) is 0.711. The molecule has 158 valence electrons. The number of benzene rings is 1. The van der Waals surface area contributed by atoms with Crippen molar-refractivity contribution in [2.45, 2.75) is 44.7 Å². The van der Waals surface area contributed by atoms with E-state index in [1.807, 2.05) is 12.1 Å². The Morgan fingerprint density at radius 2 is 1.70 bits per heavy atom. The highest BCUT2D eigenvalue weighted by Crippen LogP contribution is 2.24. The smallest absolute Gasteiger partial charge is 0.251 e. The van der Waals surface area contributed by atoms with Crippen LogP contribution in [-0.2, 0) is 16.1 Å². The Balaban J connectivity index is 1.36. The molecule has 0 aliphatic carbocycles. The predicted molar refractivity (Wildman–Crippen MR) is 110 cm³/mol. The molecule has 2 saturated heterocycles. The molecule has 2 aromatic rings. The third-order valence-corrected chi connectivity index (χ3v) is 5.87. The fourth-order valence-corrected chi connectivity index (χ4v) is 4.16. The van der Waals surface area contributed by atoms with Gasteiger partial charge in [0.05, 0.1) is 18.8 Å². The third-order valence-electron chi connectivity index (χ3n) is 5.87. The number of nitrogens with one attached hydrogen (secondary N) is 1. The minimum atomic E-state index is -0.150. The lowest BCUT2D eigenvalue weighted by molar-refractivity contribution is -0.139. The SMILES string of the molecule is O=C(NCC(c1ccco1)N1CCCCC1)c1ccc(CN2C(=O)CCC2=O)cc1. The van der Waals surface area contributed by atoms with Crippen LogP contribution in [0, 0.1) is 0 Å². The number of carbonyl (C=O) groups excluding carboxylic acids is 3. The van der Waals surface area contributed by atoms with Crippen molar-refractivity contribution in [2.75, 3.05) is 19.6 Å². The summed E-state index contributed by atoms with van der Waals surface area (Å²) in [6.45, 7) is 2.74. The van der Waals surface area contributed by atoms with E-state index in [0.29, 0.717) is 12.1 Å². The summed E-state index contributed by atoms with van der Waals surface area (Å²) in [5.41, 5.74) is 1.38. The molecule has 4 rings (SSSR count). The first kappa shape index (κ1) is 20.3. The summed E-state index contributed by atoms with van der Waals surface area (Å²) in [4.78, 5) is 39.9. The maximum absolute atomic E-state index is 12.7. The van der Waals surface area contributed by atoms with Gasteiger partial charge in [0.15, 0.2) is 0 Å². The predicted octanol–water partition coefficient (Wildman–Crippen LogP) is 2.89. The van der Waals surface area contributed by atoms with E-state index >= 15 is 0 Å². The summed E-state index contributed by atoms with van der Waals surface area (Å²) in [5.74, 6) is 0.447. The van der Waals surface area contributed by atoms with Crippen molar-refractivity contribution >= 4 is 17.7 Å². The van der Waals surface area contributed by atoms with Gasteiger partial charge < -0.3 is 9.73 Å². The molecule has 3 amide bonds. The summed E-state index contributed by atoms with van der Waals surface area (Å²) >= 11 is 0. The largest absolute Gasteiger partial charge is 0.468 e. The van der Waals surface area contributed by atoms with Gasteiger partial charge in [-0.2, -0.15) is 0 Å². The normalized spacial score (nSPS) is 18.6. The first-order chi connectivity index (χ1) is 14.6. The number of piperidine rings is 1. The highest BCUT2D eigenvalue weighted by atomic mass is 16.3. The van der Waals surface area contributed by atoms with Crippen LogP contribution in [0.3, 0.4) is 0 Å². The Labute approximate surface area is 176 Å². The van der Waals surface area contributed by atoms with Crippen LogP contribution in [0.4, 0.5) is 0 Å². The van der Waals surface area contributed by atoms with Gasteiger partial charge in [-0.05, 0) is 55.8 Å². The molecule has 0 saturated carbocycles. The molecule has 1 N–H and O–H groups in total. The summed E-state index contributed by atoms with van der Waals surface area (Å²) in [7, 11) is 0. The Bertz CT molecular complexity index is 870. The maximum Gasteiger partial charge on any atom is 0.251 e. The molecule has 3 heterocycles. The average Bonchev–Trinajstić information content (AvgIpc) is 3.41. The van der Waals surface area contributed by atoms with E-state index in [1.165, 1.54) is 11.3 Å². The highest BCUT2D eigenvalue weighted by molar-refractivity contribution is 6.01. The second kappa shape index (κ2) is 9.26. The Morgan fingerprint density at radius 1 is 1.00 bits per heavy atom. The lowest BCUT2D eigenvalue weighted by atomic mass is 10.1. The van der Waals surface area contributed by atoms with Gasteiger partial charge in [-0.15, -0.1) is 0 Å². The number of rotatable bonds is 7. The topological polar surface area (TPSA) is 82.9 Å². The number of amides is 3. The average molecular weight is 409 g/mol. The zero-order chi connectivity index (χ0) is 20.9. The van der Waals surface area contributed by atoms with Crippen molar-refractivity contribution in [3.8, 4) is 0 Å². The van der Waals surface area contributed by atoms with E-state index in [0.717, 1.165) is 37.3 Å². The molecule has 1 atom stereocenters. The number of hydrogen-bond acceptors (Lipinski definition) is 5. The van der Waals surface area contributed by atoms with E-state index in [1.54, 1.807) is 30.5 Å². The number of carbonyl (C=O) groups is 3. The van der Waals surface area contributed by atoms with E-state index in [4.69, 9.17) is 4.42 Å². The first-order valence-corrected chi connectivity index (χ1v) is 10.6. The van der Waals surface area contributed by atoms with E-state index in [2.05, 4.69) is 10.2 Å². The van der Waals surface area contributed by atoms with Crippen LogP contribution >= 0.6 is 0 Å². The minimum Gasteiger partial charge on any atom is -0.468 e. The van der Waals surface area contributed by atoms with E-state index in [9.17, 15) is 14.4 Å². The number of hydrogen-bond donors (Lipinski definition) is 1. The van der Waals surface area contributed by atoms with E-state index < -0.39 is 0 Å². The molecule has 0 spiro atoms. The second-order valence-corrected chi connectivity index (χ2v) is 7.91. The van der Waals surface area contributed by atoms with Gasteiger partial charge in [-0.3, -0.25) is 24.2 Å². The van der Waals surface area contributed by atoms with Crippen LogP contribution in [-0.4, -0.2) is 47.2 Å². The summed E-state index contributed by atoms with van der Waals surface area (Å²) in [6.07, 6.45) is 5.81. The molecule has 7 heteroatoms. The van der Waals surface area contributed by atoms with Crippen LogP contribution in [0.2, 0.25) is 0 Å². The van der Waals surface area contributed by atoms with Crippen LogP contribution < -0.4 is 5.32 Å². The Hall–Kier alpha value is -2.93. The van der Waals surface area contributed by atoms with Crippen LogP contribution in [0.15, 0.2) is 47.1 Å². The van der Waals surface area contributed by atoms with Crippen molar-refractivity contribution in [1.29, 1.82) is 0 Å². The Kier molecular flexibility index (Phi) is 6.28. The van der Waals surface area contributed by atoms with Gasteiger partial charge in [0.25, 0.3) is 5.91 Å². The molecule has 1 aromatic heterocycles. The molecule has 30 heavy (non-hydrogen) atoms. The highest BCUT2D eigenvalue weighted by Gasteiger charge is 2.29. The van der Waals surface area contributed by atoms with Crippen molar-refractivity contribution < 1.29 is 18.8 Å². The third kappa shape index (κ3) is 4.62. The van der Waals surface area contributed by atoms with Crippen molar-refractivity contribution in [3.05, 3.63) is 59.5 Å². The van der Waals surface area contributed by atoms with Gasteiger partial charge in [-0.25, -0.2) is 0 Å². The van der Waals surface area contributed by atoms with Crippen LogP contribution in [0.25, 0.3) is 0 Å². The molecular formula is C23H27N3O4. The number of likely N-dealkylation sites (tertiary alicyclic amines) is 2. The summed E-state index contributed by atoms with van der Waals surface area (Å²) in [5, 5.41) is 3.03. The van der Waals surface area contributed by atoms with Gasteiger partial charge >= 0.3 is 0 Å². The molecule has 0 bridgehead atoms. The molecule has 1 aromatic carbocycles. The monoisotopic (exact) mass is 409 g/mol.